The van der Waals surface area contributed by atoms with Gasteiger partial charge in [0.2, 0.25) is 0 Å². The summed E-state index contributed by atoms with van der Waals surface area (Å²) in [5.74, 6) is -0.419. The topological polar surface area (TPSA) is 65.1 Å². The van der Waals surface area contributed by atoms with Gasteiger partial charge in [-0.15, -0.1) is 0 Å². The van der Waals surface area contributed by atoms with Gasteiger partial charge in [-0.25, -0.2) is 4.79 Å². The van der Waals surface area contributed by atoms with Crippen molar-refractivity contribution < 1.29 is 23.8 Å². The van der Waals surface area contributed by atoms with Crippen molar-refractivity contribution in [1.82, 2.24) is 4.90 Å². The molecule has 0 atom stereocenters. The van der Waals surface area contributed by atoms with Gasteiger partial charge in [0.05, 0.1) is 13.2 Å². The van der Waals surface area contributed by atoms with E-state index in [0.717, 1.165) is 6.42 Å². The lowest BCUT2D eigenvalue weighted by atomic mass is 10.5. The lowest BCUT2D eigenvalue weighted by molar-refractivity contribution is -0.144. The number of hydrogen-bond donors (Lipinski definition) is 0. The number of hydrogen-bond acceptors (Lipinski definition) is 5. The molecule has 0 aromatic rings. The SMILES string of the molecule is CCCOC(=O)CN(CC)C(=O)OCCOC. The van der Waals surface area contributed by atoms with Crippen molar-refractivity contribution in [2.24, 2.45) is 0 Å². The maximum atomic E-state index is 11.5. The maximum Gasteiger partial charge on any atom is 0.410 e. The molecule has 0 heterocycles. The van der Waals surface area contributed by atoms with Crippen molar-refractivity contribution in [3.05, 3.63) is 0 Å². The highest BCUT2D eigenvalue weighted by atomic mass is 16.6. The van der Waals surface area contributed by atoms with Crippen molar-refractivity contribution in [3.63, 3.8) is 0 Å². The third-order valence-electron chi connectivity index (χ3n) is 1.94. The van der Waals surface area contributed by atoms with Crippen molar-refractivity contribution >= 4 is 12.1 Å². The Kier molecular flexibility index (Phi) is 9.14. The molecule has 0 aliphatic carbocycles. The Morgan fingerprint density at radius 1 is 1.06 bits per heavy atom. The smallest absolute Gasteiger partial charge is 0.410 e. The average Bonchev–Trinajstić information content (AvgIpc) is 2.33. The summed E-state index contributed by atoms with van der Waals surface area (Å²) in [7, 11) is 1.52. The number of amides is 1. The van der Waals surface area contributed by atoms with E-state index < -0.39 is 12.1 Å². The van der Waals surface area contributed by atoms with Gasteiger partial charge >= 0.3 is 12.1 Å². The molecule has 0 bridgehead atoms. The summed E-state index contributed by atoms with van der Waals surface area (Å²) >= 11 is 0. The van der Waals surface area contributed by atoms with Crippen LogP contribution in [0.15, 0.2) is 0 Å². The first-order chi connectivity index (χ1) is 8.15. The van der Waals surface area contributed by atoms with Gasteiger partial charge in [-0.05, 0) is 13.3 Å². The van der Waals surface area contributed by atoms with Gasteiger partial charge in [-0.1, -0.05) is 6.92 Å². The van der Waals surface area contributed by atoms with Gasteiger partial charge in [-0.2, -0.15) is 0 Å². The van der Waals surface area contributed by atoms with Gasteiger partial charge in [0.1, 0.15) is 13.2 Å². The minimum Gasteiger partial charge on any atom is -0.464 e. The number of ether oxygens (including phenoxy) is 3. The molecular formula is C11H21NO5. The summed E-state index contributed by atoms with van der Waals surface area (Å²) in [5.41, 5.74) is 0. The van der Waals surface area contributed by atoms with Crippen LogP contribution in [0.25, 0.3) is 0 Å². The molecule has 0 saturated heterocycles. The molecule has 100 valence electrons. The fourth-order valence-electron chi connectivity index (χ4n) is 1.03. The first-order valence-corrected chi connectivity index (χ1v) is 5.71. The van der Waals surface area contributed by atoms with Crippen LogP contribution in [-0.4, -0.2) is 57.0 Å². The summed E-state index contributed by atoms with van der Waals surface area (Å²) in [6, 6.07) is 0. The summed E-state index contributed by atoms with van der Waals surface area (Å²) in [6.07, 6.45) is 0.230. The van der Waals surface area contributed by atoms with Gasteiger partial charge in [-0.3, -0.25) is 9.69 Å². The Bertz CT molecular complexity index is 232. The molecule has 6 nitrogen and oxygen atoms in total. The molecule has 17 heavy (non-hydrogen) atoms. The summed E-state index contributed by atoms with van der Waals surface area (Å²) in [5, 5.41) is 0. The summed E-state index contributed by atoms with van der Waals surface area (Å²) in [4.78, 5) is 24.1. The Hall–Kier alpha value is -1.30. The monoisotopic (exact) mass is 247 g/mol. The van der Waals surface area contributed by atoms with Crippen molar-refractivity contribution in [3.8, 4) is 0 Å². The van der Waals surface area contributed by atoms with Crippen LogP contribution >= 0.6 is 0 Å². The first kappa shape index (κ1) is 15.7. The molecule has 0 saturated carbocycles. The van der Waals surface area contributed by atoms with Crippen LogP contribution in [0, 0.1) is 0 Å². The molecule has 0 N–H and O–H groups in total. The number of esters is 1. The third-order valence-corrected chi connectivity index (χ3v) is 1.94. The molecule has 0 aromatic heterocycles. The van der Waals surface area contributed by atoms with Crippen molar-refractivity contribution in [1.29, 1.82) is 0 Å². The Morgan fingerprint density at radius 3 is 2.29 bits per heavy atom. The van der Waals surface area contributed by atoms with Crippen molar-refractivity contribution in [2.75, 3.05) is 40.0 Å². The standard InChI is InChI=1S/C11H21NO5/c1-4-6-16-10(13)9-12(5-2)11(14)17-8-7-15-3/h4-9H2,1-3H3. The lowest BCUT2D eigenvalue weighted by Crippen LogP contribution is -2.37. The Labute approximate surface area is 102 Å². The van der Waals surface area contributed by atoms with Crippen LogP contribution in [0.5, 0.6) is 0 Å². The third kappa shape index (κ3) is 7.57. The zero-order valence-electron chi connectivity index (χ0n) is 10.7. The molecule has 0 aromatic carbocycles. The second kappa shape index (κ2) is 9.89. The molecule has 0 fully saturated rings. The molecule has 0 spiro atoms. The molecule has 0 aliphatic rings. The highest BCUT2D eigenvalue weighted by Gasteiger charge is 2.17. The molecule has 0 radical (unpaired) electrons. The highest BCUT2D eigenvalue weighted by Crippen LogP contribution is 1.96. The van der Waals surface area contributed by atoms with Crippen LogP contribution in [0.1, 0.15) is 20.3 Å². The van der Waals surface area contributed by atoms with Gasteiger partial charge in [0, 0.05) is 13.7 Å². The van der Waals surface area contributed by atoms with Gasteiger partial charge in [0.25, 0.3) is 0 Å². The van der Waals surface area contributed by atoms with E-state index in [2.05, 4.69) is 0 Å². The summed E-state index contributed by atoms with van der Waals surface area (Å²) in [6.45, 7) is 4.87. The number of nitrogens with zero attached hydrogens (tertiary/aromatic N) is 1. The molecule has 1 amide bonds. The second-order valence-electron chi connectivity index (χ2n) is 3.34. The van der Waals surface area contributed by atoms with E-state index >= 15 is 0 Å². The lowest BCUT2D eigenvalue weighted by Gasteiger charge is -2.19. The minimum absolute atomic E-state index is 0.0810. The average molecular weight is 247 g/mol. The van der Waals surface area contributed by atoms with E-state index in [1.807, 2.05) is 6.92 Å². The van der Waals surface area contributed by atoms with Crippen LogP contribution < -0.4 is 0 Å². The largest absolute Gasteiger partial charge is 0.464 e. The number of likely N-dealkylation sites (N-methyl/N-ethyl adjacent to an activating group) is 1. The van der Waals surface area contributed by atoms with Crippen LogP contribution in [0.3, 0.4) is 0 Å². The minimum atomic E-state index is -0.530. The van der Waals surface area contributed by atoms with Crippen LogP contribution in [-0.2, 0) is 19.0 Å². The van der Waals surface area contributed by atoms with Crippen LogP contribution in [0.2, 0.25) is 0 Å². The van der Waals surface area contributed by atoms with E-state index in [0.29, 0.717) is 19.8 Å². The fourth-order valence-corrected chi connectivity index (χ4v) is 1.03. The molecule has 0 rings (SSSR count). The number of carbonyl (C=O) groups excluding carboxylic acids is 2. The summed E-state index contributed by atoms with van der Waals surface area (Å²) < 4.78 is 14.5. The predicted molar refractivity (Wildman–Crippen MR) is 61.7 cm³/mol. The normalized spacial score (nSPS) is 9.82. The fraction of sp³-hybridized carbons (Fsp3) is 0.818. The number of carbonyl (C=O) groups is 2. The van der Waals surface area contributed by atoms with E-state index in [-0.39, 0.29) is 13.2 Å². The van der Waals surface area contributed by atoms with E-state index in [4.69, 9.17) is 14.2 Å². The van der Waals surface area contributed by atoms with E-state index in [9.17, 15) is 9.59 Å². The van der Waals surface area contributed by atoms with Crippen LogP contribution in [0.4, 0.5) is 4.79 Å². The Balaban J connectivity index is 3.95. The predicted octanol–water partition coefficient (Wildman–Crippen LogP) is 1.04. The van der Waals surface area contributed by atoms with E-state index in [1.54, 1.807) is 6.92 Å². The number of rotatable bonds is 8. The quantitative estimate of drug-likeness (QED) is 0.473. The van der Waals surface area contributed by atoms with Gasteiger partial charge < -0.3 is 14.2 Å². The molecule has 0 aliphatic heterocycles. The Morgan fingerprint density at radius 2 is 1.76 bits per heavy atom. The first-order valence-electron chi connectivity index (χ1n) is 5.71. The van der Waals surface area contributed by atoms with Gasteiger partial charge in [0.15, 0.2) is 0 Å². The molecule has 6 heteroatoms. The zero-order chi connectivity index (χ0) is 13.1. The number of methoxy groups -OCH3 is 1. The zero-order valence-corrected chi connectivity index (χ0v) is 10.7. The molecule has 0 unspecified atom stereocenters. The highest BCUT2D eigenvalue weighted by molar-refractivity contribution is 5.78. The molecular weight excluding hydrogens is 226 g/mol. The van der Waals surface area contributed by atoms with Crippen molar-refractivity contribution in [2.45, 2.75) is 20.3 Å². The second-order valence-corrected chi connectivity index (χ2v) is 3.34. The van der Waals surface area contributed by atoms with E-state index in [1.165, 1.54) is 12.0 Å². The maximum absolute atomic E-state index is 11.5.